The zero-order chi connectivity index (χ0) is 14.7. The molecule has 2 heterocycles. The van der Waals surface area contributed by atoms with Crippen molar-refractivity contribution in [3.05, 3.63) is 34.9 Å². The van der Waals surface area contributed by atoms with Gasteiger partial charge in [-0.3, -0.25) is 4.90 Å². The molecule has 0 radical (unpaired) electrons. The highest BCUT2D eigenvalue weighted by Crippen LogP contribution is 2.30. The molecule has 1 N–H and O–H groups in total. The van der Waals surface area contributed by atoms with Gasteiger partial charge in [-0.15, -0.1) is 12.4 Å². The van der Waals surface area contributed by atoms with Gasteiger partial charge in [0.25, 0.3) is 0 Å². The van der Waals surface area contributed by atoms with Crippen molar-refractivity contribution in [2.24, 2.45) is 5.92 Å². The number of nitrogens with one attached hydrogen (secondary N) is 1. The van der Waals surface area contributed by atoms with Gasteiger partial charge in [0.1, 0.15) is 0 Å². The number of hydrogen-bond acceptors (Lipinski definition) is 3. The second-order valence-corrected chi connectivity index (χ2v) is 6.75. The van der Waals surface area contributed by atoms with E-state index >= 15 is 0 Å². The Kier molecular flexibility index (Phi) is 6.97. The molecule has 0 aromatic heterocycles. The van der Waals surface area contributed by atoms with Gasteiger partial charge in [-0.05, 0) is 44.8 Å². The monoisotopic (exact) mass is 344 g/mol. The highest BCUT2D eigenvalue weighted by molar-refractivity contribution is 6.31. The molecule has 0 aliphatic carbocycles. The second kappa shape index (κ2) is 8.51. The quantitative estimate of drug-likeness (QED) is 0.907. The summed E-state index contributed by atoms with van der Waals surface area (Å²) in [6.07, 6.45) is 2.69. The van der Waals surface area contributed by atoms with Crippen molar-refractivity contribution in [3.8, 4) is 0 Å². The van der Waals surface area contributed by atoms with Gasteiger partial charge in [-0.2, -0.15) is 0 Å². The van der Waals surface area contributed by atoms with Crippen LogP contribution in [0, 0.1) is 5.92 Å². The van der Waals surface area contributed by atoms with Crippen molar-refractivity contribution in [1.82, 2.24) is 10.2 Å². The number of halogens is 2. The van der Waals surface area contributed by atoms with Crippen LogP contribution in [-0.2, 0) is 4.74 Å². The normalized spacial score (nSPS) is 27.4. The van der Waals surface area contributed by atoms with Crippen molar-refractivity contribution in [3.63, 3.8) is 0 Å². The Labute approximate surface area is 144 Å². The third kappa shape index (κ3) is 4.36. The molecule has 2 saturated heterocycles. The Hall–Kier alpha value is -0.320. The maximum absolute atomic E-state index is 6.33. The minimum absolute atomic E-state index is 0. The van der Waals surface area contributed by atoms with Crippen LogP contribution in [0.25, 0.3) is 0 Å². The summed E-state index contributed by atoms with van der Waals surface area (Å²) in [6.45, 7) is 7.53. The first-order chi connectivity index (χ1) is 10.2. The smallest absolute Gasteiger partial charge is 0.0967 e. The molecule has 3 rings (SSSR count). The molecule has 1 aromatic rings. The number of benzene rings is 1. The van der Waals surface area contributed by atoms with E-state index in [-0.39, 0.29) is 18.5 Å². The maximum Gasteiger partial charge on any atom is 0.0967 e. The van der Waals surface area contributed by atoms with E-state index in [1.807, 2.05) is 18.2 Å². The van der Waals surface area contributed by atoms with Gasteiger partial charge in [0.05, 0.1) is 12.7 Å². The molecule has 2 atom stereocenters. The van der Waals surface area contributed by atoms with E-state index in [2.05, 4.69) is 23.2 Å². The first-order valence-electron chi connectivity index (χ1n) is 8.05. The highest BCUT2D eigenvalue weighted by atomic mass is 35.5. The fourth-order valence-electron chi connectivity index (χ4n) is 3.38. The lowest BCUT2D eigenvalue weighted by atomic mass is 9.96. The van der Waals surface area contributed by atoms with E-state index in [9.17, 15) is 0 Å². The number of rotatable bonds is 3. The second-order valence-electron chi connectivity index (χ2n) is 6.34. The standard InChI is InChI=1S/C17H25ClN2O.ClH/c1-13-12-21-17(15-4-2-3-5-16(15)18)11-20(13)10-14-6-8-19-9-7-14;/h2-5,13-14,17,19H,6-12H2,1H3;1H. The molecule has 2 aliphatic heterocycles. The Morgan fingerprint density at radius 3 is 2.73 bits per heavy atom. The zero-order valence-corrected chi connectivity index (χ0v) is 14.7. The fraction of sp³-hybridized carbons (Fsp3) is 0.647. The number of hydrogen-bond donors (Lipinski definition) is 1. The van der Waals surface area contributed by atoms with Crippen LogP contribution in [0.15, 0.2) is 24.3 Å². The first-order valence-corrected chi connectivity index (χ1v) is 8.42. The third-order valence-corrected chi connectivity index (χ3v) is 5.11. The summed E-state index contributed by atoms with van der Waals surface area (Å²) in [4.78, 5) is 2.59. The van der Waals surface area contributed by atoms with E-state index in [1.165, 1.54) is 19.4 Å². The zero-order valence-electron chi connectivity index (χ0n) is 13.1. The Bertz CT molecular complexity index is 466. The summed E-state index contributed by atoms with van der Waals surface area (Å²) in [5.41, 5.74) is 1.13. The summed E-state index contributed by atoms with van der Waals surface area (Å²) < 4.78 is 6.04. The maximum atomic E-state index is 6.33. The minimum Gasteiger partial charge on any atom is -0.371 e. The largest absolute Gasteiger partial charge is 0.371 e. The summed E-state index contributed by atoms with van der Waals surface area (Å²) in [6, 6.07) is 8.56. The molecule has 2 fully saturated rings. The van der Waals surface area contributed by atoms with Crippen LogP contribution in [0.1, 0.15) is 31.4 Å². The number of morpholine rings is 1. The molecule has 2 aliphatic rings. The number of ether oxygens (including phenoxy) is 1. The molecule has 0 bridgehead atoms. The molecular weight excluding hydrogens is 319 g/mol. The average molecular weight is 345 g/mol. The van der Waals surface area contributed by atoms with Crippen LogP contribution in [0.3, 0.4) is 0 Å². The van der Waals surface area contributed by atoms with Crippen LogP contribution in [0.5, 0.6) is 0 Å². The van der Waals surface area contributed by atoms with Crippen LogP contribution < -0.4 is 5.32 Å². The van der Waals surface area contributed by atoms with Crippen molar-refractivity contribution < 1.29 is 4.74 Å². The summed E-state index contributed by atoms with van der Waals surface area (Å²) in [7, 11) is 0. The van der Waals surface area contributed by atoms with Crippen molar-refractivity contribution in [2.75, 3.05) is 32.8 Å². The Morgan fingerprint density at radius 1 is 1.27 bits per heavy atom. The lowest BCUT2D eigenvalue weighted by molar-refractivity contribution is -0.0656. The molecule has 0 spiro atoms. The van der Waals surface area contributed by atoms with E-state index in [1.54, 1.807) is 0 Å². The fourth-order valence-corrected chi connectivity index (χ4v) is 3.64. The van der Waals surface area contributed by atoms with Gasteiger partial charge < -0.3 is 10.1 Å². The summed E-state index contributed by atoms with van der Waals surface area (Å²) in [5, 5.41) is 4.26. The summed E-state index contributed by atoms with van der Waals surface area (Å²) >= 11 is 6.33. The average Bonchev–Trinajstić information content (AvgIpc) is 2.51. The van der Waals surface area contributed by atoms with E-state index in [0.717, 1.165) is 42.7 Å². The van der Waals surface area contributed by atoms with Crippen molar-refractivity contribution in [2.45, 2.75) is 31.9 Å². The molecule has 1 aromatic carbocycles. The highest BCUT2D eigenvalue weighted by Gasteiger charge is 2.30. The number of nitrogens with zero attached hydrogens (tertiary/aromatic N) is 1. The van der Waals surface area contributed by atoms with E-state index < -0.39 is 0 Å². The van der Waals surface area contributed by atoms with E-state index in [0.29, 0.717) is 6.04 Å². The Morgan fingerprint density at radius 2 is 2.00 bits per heavy atom. The van der Waals surface area contributed by atoms with Crippen LogP contribution in [0.2, 0.25) is 5.02 Å². The Balaban J connectivity index is 0.00000176. The van der Waals surface area contributed by atoms with Crippen LogP contribution >= 0.6 is 24.0 Å². The van der Waals surface area contributed by atoms with Crippen LogP contribution in [-0.4, -0.2) is 43.7 Å². The van der Waals surface area contributed by atoms with Crippen molar-refractivity contribution in [1.29, 1.82) is 0 Å². The topological polar surface area (TPSA) is 24.5 Å². The van der Waals surface area contributed by atoms with Crippen molar-refractivity contribution >= 4 is 24.0 Å². The van der Waals surface area contributed by atoms with E-state index in [4.69, 9.17) is 16.3 Å². The predicted molar refractivity (Wildman–Crippen MR) is 94.0 cm³/mol. The molecule has 2 unspecified atom stereocenters. The molecule has 3 nitrogen and oxygen atoms in total. The minimum atomic E-state index is 0. The molecule has 5 heteroatoms. The molecular formula is C17H26Cl2N2O. The van der Waals surface area contributed by atoms with Gasteiger partial charge in [0.15, 0.2) is 0 Å². The van der Waals surface area contributed by atoms with Gasteiger partial charge in [0.2, 0.25) is 0 Å². The first kappa shape index (κ1) is 18.0. The molecule has 124 valence electrons. The van der Waals surface area contributed by atoms with Gasteiger partial charge in [-0.1, -0.05) is 29.8 Å². The van der Waals surface area contributed by atoms with Gasteiger partial charge in [0, 0.05) is 29.7 Å². The summed E-state index contributed by atoms with van der Waals surface area (Å²) in [5.74, 6) is 0.818. The van der Waals surface area contributed by atoms with Gasteiger partial charge in [-0.25, -0.2) is 0 Å². The third-order valence-electron chi connectivity index (χ3n) is 4.77. The predicted octanol–water partition coefficient (Wildman–Crippen LogP) is 3.52. The molecule has 0 amide bonds. The lowest BCUT2D eigenvalue weighted by Gasteiger charge is -2.40. The van der Waals surface area contributed by atoms with Gasteiger partial charge >= 0.3 is 0 Å². The SMILES string of the molecule is CC1COC(c2ccccc2Cl)CN1CC1CCNCC1.Cl. The van der Waals surface area contributed by atoms with Crippen LogP contribution in [0.4, 0.5) is 0 Å². The molecule has 22 heavy (non-hydrogen) atoms. The number of piperidine rings is 1. The lowest BCUT2D eigenvalue weighted by Crippen LogP contribution is -2.48. The molecule has 0 saturated carbocycles.